The molecule has 0 aromatic heterocycles. The van der Waals surface area contributed by atoms with Crippen molar-refractivity contribution in [3.63, 3.8) is 0 Å². The molecule has 12 heavy (non-hydrogen) atoms. The van der Waals surface area contributed by atoms with E-state index in [1.54, 1.807) is 0 Å². The Morgan fingerprint density at radius 2 is 2.00 bits per heavy atom. The van der Waals surface area contributed by atoms with Gasteiger partial charge in [0.05, 0.1) is 0 Å². The highest BCUT2D eigenvalue weighted by atomic mass is 32.1. The topological polar surface area (TPSA) is 17.1 Å². The van der Waals surface area contributed by atoms with Crippen molar-refractivity contribution >= 4 is 17.7 Å². The molecule has 0 heterocycles. The van der Waals surface area contributed by atoms with Gasteiger partial charge >= 0.3 is 0 Å². The van der Waals surface area contributed by atoms with Gasteiger partial charge in [0.25, 0.3) is 0 Å². The summed E-state index contributed by atoms with van der Waals surface area (Å²) in [5.74, 6) is 0.960. The maximum Gasteiger partial charge on any atom is 0.188 e. The number of hydrogen-bond donors (Lipinski definition) is 1. The number of carbonyl (C=O) groups is 1. The summed E-state index contributed by atoms with van der Waals surface area (Å²) in [6.07, 6.45) is 7.81. The van der Waals surface area contributed by atoms with E-state index in [0.29, 0.717) is 0 Å². The molecule has 0 aromatic rings. The fourth-order valence-electron chi connectivity index (χ4n) is 2.02. The number of carbonyl (C=O) groups excluding carboxylic acids is 1. The average Bonchev–Trinajstić information content (AvgIpc) is 2.06. The second-order valence-electron chi connectivity index (χ2n) is 3.98. The fourth-order valence-corrected chi connectivity index (χ4v) is 2.13. The van der Waals surface area contributed by atoms with Crippen molar-refractivity contribution in [2.24, 2.45) is 11.8 Å². The first-order valence-electron chi connectivity index (χ1n) is 4.93. The summed E-state index contributed by atoms with van der Waals surface area (Å²) in [5.41, 5.74) is 0. The van der Waals surface area contributed by atoms with Crippen molar-refractivity contribution in [3.05, 3.63) is 0 Å². The lowest BCUT2D eigenvalue weighted by Gasteiger charge is -2.23. The van der Waals surface area contributed by atoms with E-state index in [1.807, 2.05) is 6.92 Å². The van der Waals surface area contributed by atoms with Gasteiger partial charge in [0, 0.05) is 5.92 Å². The molecule has 1 rings (SSSR count). The third-order valence-corrected chi connectivity index (χ3v) is 3.27. The molecule has 1 saturated carbocycles. The standard InChI is InChI=1S/C10H18OS/c1-8(10(11)12)7-9-5-3-2-4-6-9/h8-9H,2-7H2,1H3,(H,11,12). The highest BCUT2D eigenvalue weighted by Gasteiger charge is 2.18. The van der Waals surface area contributed by atoms with Crippen LogP contribution in [-0.4, -0.2) is 5.12 Å². The summed E-state index contributed by atoms with van der Waals surface area (Å²) in [4.78, 5) is 10.9. The summed E-state index contributed by atoms with van der Waals surface area (Å²) in [7, 11) is 0. The largest absolute Gasteiger partial charge is 0.287 e. The van der Waals surface area contributed by atoms with Crippen LogP contribution in [-0.2, 0) is 4.79 Å². The summed E-state index contributed by atoms with van der Waals surface area (Å²) in [6, 6.07) is 0. The molecule has 0 N–H and O–H groups in total. The Balaban J connectivity index is 2.24. The van der Waals surface area contributed by atoms with Gasteiger partial charge in [-0.05, 0) is 12.3 Å². The van der Waals surface area contributed by atoms with E-state index in [4.69, 9.17) is 0 Å². The van der Waals surface area contributed by atoms with E-state index in [9.17, 15) is 4.79 Å². The van der Waals surface area contributed by atoms with Gasteiger partial charge in [-0.3, -0.25) is 4.79 Å². The molecule has 1 aliphatic carbocycles. The lowest BCUT2D eigenvalue weighted by molar-refractivity contribution is -0.114. The van der Waals surface area contributed by atoms with E-state index < -0.39 is 0 Å². The third-order valence-electron chi connectivity index (χ3n) is 2.83. The zero-order valence-electron chi connectivity index (χ0n) is 7.75. The Morgan fingerprint density at radius 1 is 1.42 bits per heavy atom. The number of thiol groups is 1. The summed E-state index contributed by atoms with van der Waals surface area (Å²) < 4.78 is 0. The highest BCUT2D eigenvalue weighted by Crippen LogP contribution is 2.29. The molecule has 0 spiro atoms. The van der Waals surface area contributed by atoms with E-state index in [2.05, 4.69) is 12.6 Å². The first-order valence-corrected chi connectivity index (χ1v) is 5.37. The molecule has 1 nitrogen and oxygen atoms in total. The summed E-state index contributed by atoms with van der Waals surface area (Å²) in [6.45, 7) is 1.99. The van der Waals surface area contributed by atoms with Crippen LogP contribution in [0.2, 0.25) is 0 Å². The van der Waals surface area contributed by atoms with Crippen LogP contribution in [0.15, 0.2) is 0 Å². The molecule has 1 aliphatic rings. The molecule has 2 heteroatoms. The fraction of sp³-hybridized carbons (Fsp3) is 0.900. The van der Waals surface area contributed by atoms with Gasteiger partial charge in [0.15, 0.2) is 5.12 Å². The molecule has 0 saturated heterocycles. The van der Waals surface area contributed by atoms with Crippen LogP contribution < -0.4 is 0 Å². The molecule has 0 bridgehead atoms. The lowest BCUT2D eigenvalue weighted by Crippen LogP contribution is -2.13. The Morgan fingerprint density at radius 3 is 2.50 bits per heavy atom. The smallest absolute Gasteiger partial charge is 0.188 e. The van der Waals surface area contributed by atoms with E-state index in [-0.39, 0.29) is 11.0 Å². The highest BCUT2D eigenvalue weighted by molar-refractivity contribution is 7.96. The van der Waals surface area contributed by atoms with Crippen molar-refractivity contribution in [3.8, 4) is 0 Å². The van der Waals surface area contributed by atoms with Gasteiger partial charge in [-0.15, -0.1) is 12.6 Å². The Bertz CT molecular complexity index is 150. The van der Waals surface area contributed by atoms with Gasteiger partial charge < -0.3 is 0 Å². The molecular weight excluding hydrogens is 168 g/mol. The molecule has 0 aliphatic heterocycles. The van der Waals surface area contributed by atoms with Crippen molar-refractivity contribution in [1.82, 2.24) is 0 Å². The lowest BCUT2D eigenvalue weighted by atomic mass is 9.83. The van der Waals surface area contributed by atoms with Crippen molar-refractivity contribution in [2.75, 3.05) is 0 Å². The number of rotatable bonds is 3. The quantitative estimate of drug-likeness (QED) is 0.670. The molecule has 0 radical (unpaired) electrons. The minimum atomic E-state index is 0.0561. The average molecular weight is 186 g/mol. The maximum absolute atomic E-state index is 10.9. The Kier molecular flexibility index (Phi) is 4.13. The predicted octanol–water partition coefficient (Wildman–Crippen LogP) is 3.05. The molecule has 1 atom stereocenters. The van der Waals surface area contributed by atoms with Crippen LogP contribution in [0.25, 0.3) is 0 Å². The second kappa shape index (κ2) is 4.90. The first kappa shape index (κ1) is 10.1. The predicted molar refractivity (Wildman–Crippen MR) is 54.3 cm³/mol. The molecular formula is C10H18OS. The van der Waals surface area contributed by atoms with Gasteiger partial charge in [0.2, 0.25) is 0 Å². The Labute approximate surface area is 80.3 Å². The van der Waals surface area contributed by atoms with Crippen molar-refractivity contribution < 1.29 is 4.79 Å². The minimum absolute atomic E-state index is 0.0561. The van der Waals surface area contributed by atoms with Crippen molar-refractivity contribution in [1.29, 1.82) is 0 Å². The molecule has 70 valence electrons. The molecule has 0 aromatic carbocycles. The maximum atomic E-state index is 10.9. The molecule has 1 fully saturated rings. The zero-order valence-corrected chi connectivity index (χ0v) is 8.65. The summed E-state index contributed by atoms with van der Waals surface area (Å²) in [5, 5.41) is 0.0561. The third kappa shape index (κ3) is 3.18. The summed E-state index contributed by atoms with van der Waals surface area (Å²) >= 11 is 3.85. The second-order valence-corrected chi connectivity index (χ2v) is 4.42. The van der Waals surface area contributed by atoms with Gasteiger partial charge in [-0.25, -0.2) is 0 Å². The minimum Gasteiger partial charge on any atom is -0.287 e. The van der Waals surface area contributed by atoms with Gasteiger partial charge in [-0.1, -0.05) is 39.0 Å². The van der Waals surface area contributed by atoms with Gasteiger partial charge in [-0.2, -0.15) is 0 Å². The first-order chi connectivity index (χ1) is 5.70. The van der Waals surface area contributed by atoms with E-state index in [1.165, 1.54) is 32.1 Å². The van der Waals surface area contributed by atoms with E-state index in [0.717, 1.165) is 12.3 Å². The molecule has 1 unspecified atom stereocenters. The Hall–Kier alpha value is 0.0200. The van der Waals surface area contributed by atoms with Crippen LogP contribution >= 0.6 is 12.6 Å². The normalized spacial score (nSPS) is 22.2. The van der Waals surface area contributed by atoms with Gasteiger partial charge in [0.1, 0.15) is 0 Å². The SMILES string of the molecule is CC(CC1CCCCC1)C(=O)S. The van der Waals surface area contributed by atoms with E-state index >= 15 is 0 Å². The number of hydrogen-bond acceptors (Lipinski definition) is 1. The molecule has 0 amide bonds. The van der Waals surface area contributed by atoms with Crippen LogP contribution in [0, 0.1) is 11.8 Å². The van der Waals surface area contributed by atoms with Crippen LogP contribution in [0.4, 0.5) is 0 Å². The van der Waals surface area contributed by atoms with Crippen LogP contribution in [0.3, 0.4) is 0 Å². The zero-order chi connectivity index (χ0) is 8.97. The van der Waals surface area contributed by atoms with Crippen LogP contribution in [0.1, 0.15) is 45.4 Å². The van der Waals surface area contributed by atoms with Crippen LogP contribution in [0.5, 0.6) is 0 Å². The van der Waals surface area contributed by atoms with Crippen molar-refractivity contribution in [2.45, 2.75) is 45.4 Å². The monoisotopic (exact) mass is 186 g/mol.